The molecule has 0 bridgehead atoms. The molecule has 1 fully saturated rings. The van der Waals surface area contributed by atoms with Gasteiger partial charge in [0.15, 0.2) is 5.11 Å². The summed E-state index contributed by atoms with van der Waals surface area (Å²) in [5.74, 6) is -0.159. The minimum atomic E-state index is -0.159. The Balaban J connectivity index is 1.96. The van der Waals surface area contributed by atoms with E-state index >= 15 is 0 Å². The Morgan fingerprint density at radius 2 is 2.32 bits per heavy atom. The van der Waals surface area contributed by atoms with Crippen molar-refractivity contribution in [2.45, 2.75) is 32.8 Å². The molecule has 1 aromatic carbocycles. The number of nitrogens with zero attached hydrogens (tertiary/aromatic N) is 1. The van der Waals surface area contributed by atoms with Crippen molar-refractivity contribution >= 4 is 45.8 Å². The second-order valence-corrected chi connectivity index (χ2v) is 6.95. The zero-order chi connectivity index (χ0) is 16.1. The fourth-order valence-corrected chi connectivity index (χ4v) is 3.18. The summed E-state index contributed by atoms with van der Waals surface area (Å²) >= 11 is 7.61. The van der Waals surface area contributed by atoms with Gasteiger partial charge in [0.2, 0.25) is 0 Å². The number of carbonyl (C=O) groups excluding carboxylic acids is 1. The van der Waals surface area contributed by atoms with Crippen LogP contribution < -0.4 is 5.32 Å². The van der Waals surface area contributed by atoms with Gasteiger partial charge < -0.3 is 9.64 Å². The molecule has 120 valence electrons. The summed E-state index contributed by atoms with van der Waals surface area (Å²) < 4.78 is 6.71. The van der Waals surface area contributed by atoms with Gasteiger partial charge in [-0.25, -0.2) is 0 Å². The van der Waals surface area contributed by atoms with Gasteiger partial charge in [0.05, 0.1) is 6.10 Å². The van der Waals surface area contributed by atoms with Gasteiger partial charge in [0.1, 0.15) is 0 Å². The topological polar surface area (TPSA) is 41.6 Å². The molecule has 1 aliphatic rings. The van der Waals surface area contributed by atoms with Crippen LogP contribution in [0.1, 0.15) is 35.7 Å². The molecule has 1 atom stereocenters. The average Bonchev–Trinajstić information content (AvgIpc) is 3.00. The average molecular weight is 432 g/mol. The molecule has 1 amide bonds. The first-order valence-corrected chi connectivity index (χ1v) is 8.98. The Kier molecular flexibility index (Phi) is 6.58. The number of thiocarbonyl (C=S) groups is 1. The normalized spacial score (nSPS) is 17.3. The highest BCUT2D eigenvalue weighted by molar-refractivity contribution is 14.1. The van der Waals surface area contributed by atoms with E-state index in [-0.39, 0.29) is 12.0 Å². The fourth-order valence-electron chi connectivity index (χ4n) is 2.37. The van der Waals surface area contributed by atoms with Crippen molar-refractivity contribution in [2.24, 2.45) is 0 Å². The number of aryl methyl sites for hydroxylation is 1. The van der Waals surface area contributed by atoms with Gasteiger partial charge in [-0.1, -0.05) is 6.07 Å². The highest BCUT2D eigenvalue weighted by Crippen LogP contribution is 2.15. The molecule has 1 unspecified atom stereocenters. The molecule has 1 saturated heterocycles. The van der Waals surface area contributed by atoms with Crippen molar-refractivity contribution in [2.75, 3.05) is 19.7 Å². The van der Waals surface area contributed by atoms with Crippen molar-refractivity contribution in [3.05, 3.63) is 32.9 Å². The molecule has 1 heterocycles. The van der Waals surface area contributed by atoms with Crippen LogP contribution in [0.2, 0.25) is 0 Å². The largest absolute Gasteiger partial charge is 0.376 e. The van der Waals surface area contributed by atoms with E-state index in [0.717, 1.165) is 41.7 Å². The van der Waals surface area contributed by atoms with Gasteiger partial charge in [-0.2, -0.15) is 0 Å². The van der Waals surface area contributed by atoms with Crippen LogP contribution in [-0.2, 0) is 4.74 Å². The lowest BCUT2D eigenvalue weighted by Gasteiger charge is -2.26. The molecule has 0 aliphatic carbocycles. The first-order valence-electron chi connectivity index (χ1n) is 7.49. The molecule has 1 N–H and O–H groups in total. The third-order valence-electron chi connectivity index (χ3n) is 3.77. The summed E-state index contributed by atoms with van der Waals surface area (Å²) in [7, 11) is 0. The summed E-state index contributed by atoms with van der Waals surface area (Å²) in [6.45, 7) is 6.37. The van der Waals surface area contributed by atoms with Crippen LogP contribution >= 0.6 is 34.8 Å². The molecule has 2 rings (SSSR count). The third-order valence-corrected chi connectivity index (χ3v) is 5.29. The van der Waals surface area contributed by atoms with E-state index < -0.39 is 0 Å². The smallest absolute Gasteiger partial charge is 0.257 e. The van der Waals surface area contributed by atoms with E-state index in [9.17, 15) is 4.79 Å². The Hall–Kier alpha value is -0.730. The molecule has 1 aromatic rings. The van der Waals surface area contributed by atoms with Crippen molar-refractivity contribution in [1.29, 1.82) is 0 Å². The number of benzene rings is 1. The van der Waals surface area contributed by atoms with E-state index in [1.165, 1.54) is 0 Å². The van der Waals surface area contributed by atoms with Crippen LogP contribution in [0.15, 0.2) is 18.2 Å². The van der Waals surface area contributed by atoms with Crippen LogP contribution in [0.4, 0.5) is 0 Å². The van der Waals surface area contributed by atoms with Crippen LogP contribution in [0.5, 0.6) is 0 Å². The Labute approximate surface area is 150 Å². The Bertz CT molecular complexity index is 559. The summed E-state index contributed by atoms with van der Waals surface area (Å²) in [6, 6.07) is 5.65. The van der Waals surface area contributed by atoms with Crippen LogP contribution in [0.3, 0.4) is 0 Å². The van der Waals surface area contributed by atoms with E-state index in [1.807, 2.05) is 36.9 Å². The zero-order valence-corrected chi connectivity index (χ0v) is 15.9. The summed E-state index contributed by atoms with van der Waals surface area (Å²) in [5, 5.41) is 3.30. The molecular formula is C16H21IN2O2S. The molecule has 0 saturated carbocycles. The fraction of sp³-hybridized carbons (Fsp3) is 0.500. The number of amides is 1. The van der Waals surface area contributed by atoms with Crippen molar-refractivity contribution in [1.82, 2.24) is 10.2 Å². The summed E-state index contributed by atoms with van der Waals surface area (Å²) in [6.07, 6.45) is 2.38. The maximum Gasteiger partial charge on any atom is 0.257 e. The van der Waals surface area contributed by atoms with Crippen molar-refractivity contribution in [3.8, 4) is 0 Å². The highest BCUT2D eigenvalue weighted by atomic mass is 127. The monoisotopic (exact) mass is 432 g/mol. The lowest BCUT2D eigenvalue weighted by molar-refractivity contribution is 0.0895. The SMILES string of the molecule is CCN(CC1CCCO1)C(=S)NC(=O)c1ccc(C)c(I)c1. The standard InChI is InChI=1S/C16H21IN2O2S/c1-3-19(10-13-5-4-8-21-13)16(22)18-15(20)12-7-6-11(2)14(17)9-12/h6-7,9,13H,3-5,8,10H2,1-2H3,(H,18,20,22). The summed E-state index contributed by atoms with van der Waals surface area (Å²) in [4.78, 5) is 14.3. The first kappa shape index (κ1) is 17.6. The molecule has 4 nitrogen and oxygen atoms in total. The minimum absolute atomic E-state index is 0.159. The van der Waals surface area contributed by atoms with Gasteiger partial charge >= 0.3 is 0 Å². The maximum atomic E-state index is 12.3. The minimum Gasteiger partial charge on any atom is -0.376 e. The van der Waals surface area contributed by atoms with Gasteiger partial charge in [0, 0.05) is 28.8 Å². The zero-order valence-electron chi connectivity index (χ0n) is 12.9. The molecule has 0 radical (unpaired) electrons. The lowest BCUT2D eigenvalue weighted by atomic mass is 10.1. The van der Waals surface area contributed by atoms with Crippen LogP contribution in [0, 0.1) is 10.5 Å². The van der Waals surface area contributed by atoms with Crippen LogP contribution in [-0.4, -0.2) is 41.7 Å². The van der Waals surface area contributed by atoms with E-state index in [0.29, 0.717) is 10.7 Å². The first-order chi connectivity index (χ1) is 10.5. The second-order valence-electron chi connectivity index (χ2n) is 5.40. The van der Waals surface area contributed by atoms with Gasteiger partial charge in [-0.05, 0) is 79.2 Å². The quantitative estimate of drug-likeness (QED) is 0.587. The number of rotatable bonds is 4. The third kappa shape index (κ3) is 4.63. The number of nitrogens with one attached hydrogen (secondary N) is 1. The van der Waals surface area contributed by atoms with E-state index in [4.69, 9.17) is 17.0 Å². The molecule has 22 heavy (non-hydrogen) atoms. The number of hydrogen-bond donors (Lipinski definition) is 1. The van der Waals surface area contributed by atoms with Gasteiger partial charge in [0.25, 0.3) is 5.91 Å². The maximum absolute atomic E-state index is 12.3. The Morgan fingerprint density at radius 3 is 2.91 bits per heavy atom. The molecular weight excluding hydrogens is 411 g/mol. The Morgan fingerprint density at radius 1 is 1.55 bits per heavy atom. The summed E-state index contributed by atoms with van der Waals surface area (Å²) in [5.41, 5.74) is 1.79. The van der Waals surface area contributed by atoms with Crippen molar-refractivity contribution in [3.63, 3.8) is 0 Å². The number of likely N-dealkylation sites (N-methyl/N-ethyl adjacent to an activating group) is 1. The van der Waals surface area contributed by atoms with Gasteiger partial charge in [-0.3, -0.25) is 10.1 Å². The second kappa shape index (κ2) is 8.21. The lowest BCUT2D eigenvalue weighted by Crippen LogP contribution is -2.45. The molecule has 0 aromatic heterocycles. The number of ether oxygens (including phenoxy) is 1. The molecule has 0 spiro atoms. The molecule has 6 heteroatoms. The van der Waals surface area contributed by atoms with E-state index in [1.54, 1.807) is 0 Å². The number of carbonyl (C=O) groups is 1. The van der Waals surface area contributed by atoms with Gasteiger partial charge in [-0.15, -0.1) is 0 Å². The highest BCUT2D eigenvalue weighted by Gasteiger charge is 2.21. The number of halogens is 1. The predicted octanol–water partition coefficient (Wildman–Crippen LogP) is 3.12. The van der Waals surface area contributed by atoms with Crippen molar-refractivity contribution < 1.29 is 9.53 Å². The van der Waals surface area contributed by atoms with E-state index in [2.05, 4.69) is 27.9 Å². The van der Waals surface area contributed by atoms with Crippen LogP contribution in [0.25, 0.3) is 0 Å². The molecule has 1 aliphatic heterocycles. The number of hydrogen-bond acceptors (Lipinski definition) is 3. The predicted molar refractivity (Wildman–Crippen MR) is 100 cm³/mol.